The van der Waals surface area contributed by atoms with E-state index in [9.17, 15) is 9.59 Å². The average Bonchev–Trinajstić information content (AvgIpc) is 2.88. The number of ether oxygens (including phenoxy) is 1. The summed E-state index contributed by atoms with van der Waals surface area (Å²) in [5.41, 5.74) is 4.83. The standard InChI is InChI=1S/C29H26N2O3/c1-20-10-9-14-24(21-11-5-4-6-12-21)27(20)28(32)30-26-15-8-7-13-25(26)29(33)31(2)22-16-18-23(34-3)19-17-22/h4-19H,1-3H3,(H,30,32). The first kappa shape index (κ1) is 22.8. The van der Waals surface area contributed by atoms with Crippen LogP contribution in [0.4, 0.5) is 11.4 Å². The van der Waals surface area contributed by atoms with Gasteiger partial charge in [0.05, 0.1) is 23.9 Å². The number of amides is 2. The lowest BCUT2D eigenvalue weighted by Gasteiger charge is -2.20. The summed E-state index contributed by atoms with van der Waals surface area (Å²) in [6.07, 6.45) is 0. The summed E-state index contributed by atoms with van der Waals surface area (Å²) in [6.45, 7) is 1.91. The molecular formula is C29H26N2O3. The molecule has 1 N–H and O–H groups in total. The van der Waals surface area contributed by atoms with Gasteiger partial charge in [-0.3, -0.25) is 9.59 Å². The number of carbonyl (C=O) groups excluding carboxylic acids is 2. The lowest BCUT2D eigenvalue weighted by atomic mass is 9.95. The van der Waals surface area contributed by atoms with E-state index >= 15 is 0 Å². The predicted molar refractivity (Wildman–Crippen MR) is 137 cm³/mol. The van der Waals surface area contributed by atoms with Gasteiger partial charge in [0.15, 0.2) is 0 Å². The summed E-state index contributed by atoms with van der Waals surface area (Å²) >= 11 is 0. The van der Waals surface area contributed by atoms with Gasteiger partial charge in [-0.25, -0.2) is 0 Å². The van der Waals surface area contributed by atoms with Gasteiger partial charge in [-0.15, -0.1) is 0 Å². The average molecular weight is 451 g/mol. The highest BCUT2D eigenvalue weighted by atomic mass is 16.5. The van der Waals surface area contributed by atoms with Gasteiger partial charge in [-0.2, -0.15) is 0 Å². The topological polar surface area (TPSA) is 58.6 Å². The molecule has 0 atom stereocenters. The van der Waals surface area contributed by atoms with Crippen LogP contribution < -0.4 is 15.0 Å². The molecule has 4 aromatic rings. The first-order valence-electron chi connectivity index (χ1n) is 11.0. The number of carbonyl (C=O) groups is 2. The maximum atomic E-state index is 13.5. The Kier molecular flexibility index (Phi) is 6.74. The molecule has 0 spiro atoms. The fraction of sp³-hybridized carbons (Fsp3) is 0.103. The summed E-state index contributed by atoms with van der Waals surface area (Å²) in [5, 5.41) is 2.98. The van der Waals surface area contributed by atoms with Gasteiger partial charge in [0.2, 0.25) is 0 Å². The van der Waals surface area contributed by atoms with Gasteiger partial charge in [0, 0.05) is 12.7 Å². The second kappa shape index (κ2) is 10.0. The quantitative estimate of drug-likeness (QED) is 0.380. The fourth-order valence-electron chi connectivity index (χ4n) is 3.89. The third-order valence-electron chi connectivity index (χ3n) is 5.75. The number of hydrogen-bond donors (Lipinski definition) is 1. The maximum absolute atomic E-state index is 13.5. The van der Waals surface area contributed by atoms with E-state index < -0.39 is 0 Å². The van der Waals surface area contributed by atoms with E-state index in [0.717, 1.165) is 22.4 Å². The molecule has 0 saturated carbocycles. The highest BCUT2D eigenvalue weighted by Gasteiger charge is 2.21. The van der Waals surface area contributed by atoms with Gasteiger partial charge >= 0.3 is 0 Å². The number of methoxy groups -OCH3 is 1. The van der Waals surface area contributed by atoms with Crippen LogP contribution in [0.5, 0.6) is 5.75 Å². The summed E-state index contributed by atoms with van der Waals surface area (Å²) in [6, 6.07) is 29.9. The predicted octanol–water partition coefficient (Wildman–Crippen LogP) is 6.20. The third-order valence-corrected chi connectivity index (χ3v) is 5.75. The molecule has 0 radical (unpaired) electrons. The van der Waals surface area contributed by atoms with Crippen molar-refractivity contribution in [3.05, 3.63) is 114 Å². The Morgan fingerprint density at radius 3 is 2.18 bits per heavy atom. The normalized spacial score (nSPS) is 10.4. The zero-order valence-electron chi connectivity index (χ0n) is 19.4. The summed E-state index contributed by atoms with van der Waals surface area (Å²) in [7, 11) is 3.30. The number of nitrogens with one attached hydrogen (secondary N) is 1. The minimum absolute atomic E-state index is 0.228. The molecule has 0 aliphatic rings. The molecule has 2 amide bonds. The van der Waals surface area contributed by atoms with Crippen LogP contribution in [0.2, 0.25) is 0 Å². The van der Waals surface area contributed by atoms with Gasteiger partial charge < -0.3 is 15.0 Å². The molecule has 0 bridgehead atoms. The number of para-hydroxylation sites is 1. The minimum Gasteiger partial charge on any atom is -0.497 e. The Balaban J connectivity index is 1.64. The zero-order chi connectivity index (χ0) is 24.1. The number of aryl methyl sites for hydroxylation is 1. The van der Waals surface area contributed by atoms with Crippen LogP contribution in [0.1, 0.15) is 26.3 Å². The number of anilines is 2. The zero-order valence-corrected chi connectivity index (χ0v) is 19.4. The smallest absolute Gasteiger partial charge is 0.260 e. The monoisotopic (exact) mass is 450 g/mol. The molecule has 0 aliphatic heterocycles. The fourth-order valence-corrected chi connectivity index (χ4v) is 3.89. The van der Waals surface area contributed by atoms with E-state index in [1.165, 1.54) is 0 Å². The molecule has 0 fully saturated rings. The molecule has 0 aromatic heterocycles. The molecule has 0 aliphatic carbocycles. The Labute approximate surface area is 199 Å². The van der Waals surface area contributed by atoms with E-state index in [4.69, 9.17) is 4.74 Å². The number of nitrogens with zero attached hydrogens (tertiary/aromatic N) is 1. The molecule has 34 heavy (non-hydrogen) atoms. The summed E-state index contributed by atoms with van der Waals surface area (Å²) < 4.78 is 5.20. The van der Waals surface area contributed by atoms with Gasteiger partial charge in [-0.1, -0.05) is 60.7 Å². The highest BCUT2D eigenvalue weighted by molar-refractivity contribution is 6.15. The minimum atomic E-state index is -0.260. The molecule has 5 nitrogen and oxygen atoms in total. The SMILES string of the molecule is COc1ccc(N(C)C(=O)c2ccccc2NC(=O)c2c(C)cccc2-c2ccccc2)cc1. The first-order chi connectivity index (χ1) is 16.5. The Morgan fingerprint density at radius 2 is 1.47 bits per heavy atom. The molecule has 0 heterocycles. The largest absolute Gasteiger partial charge is 0.497 e. The van der Waals surface area contributed by atoms with E-state index in [1.54, 1.807) is 55.5 Å². The number of rotatable bonds is 6. The van der Waals surface area contributed by atoms with Crippen LogP contribution >= 0.6 is 0 Å². The van der Waals surface area contributed by atoms with Crippen molar-refractivity contribution in [1.29, 1.82) is 0 Å². The Hall–Kier alpha value is -4.38. The Morgan fingerprint density at radius 1 is 0.794 bits per heavy atom. The molecule has 4 rings (SSSR count). The molecule has 0 unspecified atom stereocenters. The van der Waals surface area contributed by atoms with Crippen molar-refractivity contribution in [2.24, 2.45) is 0 Å². The second-order valence-electron chi connectivity index (χ2n) is 7.93. The van der Waals surface area contributed by atoms with Crippen LogP contribution in [0.3, 0.4) is 0 Å². The molecule has 4 aromatic carbocycles. The molecule has 170 valence electrons. The van der Waals surface area contributed by atoms with E-state index in [0.29, 0.717) is 22.6 Å². The van der Waals surface area contributed by atoms with E-state index in [1.807, 2.05) is 67.6 Å². The van der Waals surface area contributed by atoms with Gasteiger partial charge in [0.25, 0.3) is 11.8 Å². The Bertz CT molecular complexity index is 1320. The van der Waals surface area contributed by atoms with Gasteiger partial charge in [0.1, 0.15) is 5.75 Å². The number of hydrogen-bond acceptors (Lipinski definition) is 3. The van der Waals surface area contributed by atoms with Crippen molar-refractivity contribution in [2.75, 3.05) is 24.4 Å². The van der Waals surface area contributed by atoms with Crippen molar-refractivity contribution in [3.8, 4) is 16.9 Å². The number of benzene rings is 4. The van der Waals surface area contributed by atoms with Crippen molar-refractivity contribution in [3.63, 3.8) is 0 Å². The van der Waals surface area contributed by atoms with Crippen LogP contribution in [0.25, 0.3) is 11.1 Å². The molecular weight excluding hydrogens is 424 g/mol. The van der Waals surface area contributed by atoms with Crippen LogP contribution in [0.15, 0.2) is 97.1 Å². The van der Waals surface area contributed by atoms with E-state index in [2.05, 4.69) is 5.32 Å². The second-order valence-corrected chi connectivity index (χ2v) is 7.93. The first-order valence-corrected chi connectivity index (χ1v) is 11.0. The lowest BCUT2D eigenvalue weighted by molar-refractivity contribution is 0.0994. The summed E-state index contributed by atoms with van der Waals surface area (Å²) in [5.74, 6) is 0.225. The molecule has 0 saturated heterocycles. The van der Waals surface area contributed by atoms with Crippen molar-refractivity contribution >= 4 is 23.2 Å². The summed E-state index contributed by atoms with van der Waals surface area (Å²) in [4.78, 5) is 28.4. The van der Waals surface area contributed by atoms with Crippen LogP contribution in [-0.2, 0) is 0 Å². The van der Waals surface area contributed by atoms with Crippen LogP contribution in [0, 0.1) is 6.92 Å². The van der Waals surface area contributed by atoms with E-state index in [-0.39, 0.29) is 11.8 Å². The maximum Gasteiger partial charge on any atom is 0.260 e. The van der Waals surface area contributed by atoms with Gasteiger partial charge in [-0.05, 0) is 60.0 Å². The van der Waals surface area contributed by atoms with Crippen LogP contribution in [-0.4, -0.2) is 26.0 Å². The van der Waals surface area contributed by atoms with Crippen molar-refractivity contribution in [1.82, 2.24) is 0 Å². The highest BCUT2D eigenvalue weighted by Crippen LogP contribution is 2.28. The van der Waals surface area contributed by atoms with Crippen molar-refractivity contribution < 1.29 is 14.3 Å². The molecule has 5 heteroatoms. The third kappa shape index (κ3) is 4.69. The van der Waals surface area contributed by atoms with Crippen molar-refractivity contribution in [2.45, 2.75) is 6.92 Å². The lowest BCUT2D eigenvalue weighted by Crippen LogP contribution is -2.27.